The molecule has 2 N–H and O–H groups in total. The Hall–Kier alpha value is -0.690. The van der Waals surface area contributed by atoms with Gasteiger partial charge < -0.3 is 5.73 Å². The molecule has 0 saturated heterocycles. The van der Waals surface area contributed by atoms with Gasteiger partial charge in [0, 0.05) is 0 Å². The molecule has 0 rings (SSSR count). The zero-order valence-electron chi connectivity index (χ0n) is 5.13. The van der Waals surface area contributed by atoms with Crippen LogP contribution in [0.3, 0.4) is 0 Å². The van der Waals surface area contributed by atoms with Crippen LogP contribution in [0.2, 0.25) is 0 Å². The standard InChI is InChI=1S/C5H8N2OS/c1-2-4(5(7)8)9-3-6/h4H,2H2,1H3,(H2,7,8). The van der Waals surface area contributed by atoms with Crippen LogP contribution in [-0.4, -0.2) is 11.2 Å². The molecule has 1 amide bonds. The van der Waals surface area contributed by atoms with Crippen LogP contribution >= 0.6 is 11.8 Å². The molecular formula is C5H8N2OS. The highest BCUT2D eigenvalue weighted by Crippen LogP contribution is 2.10. The first-order valence-corrected chi connectivity index (χ1v) is 3.44. The number of carbonyl (C=O) groups excluding carboxylic acids is 1. The molecule has 0 aliphatic heterocycles. The van der Waals surface area contributed by atoms with Crippen molar-refractivity contribution in [3.63, 3.8) is 0 Å². The second-order valence-electron chi connectivity index (χ2n) is 1.51. The molecule has 0 aromatic heterocycles. The summed E-state index contributed by atoms with van der Waals surface area (Å²) in [5.41, 5.74) is 4.92. The summed E-state index contributed by atoms with van der Waals surface area (Å²) >= 11 is 0.916. The molecule has 4 heteroatoms. The number of nitrogens with two attached hydrogens (primary N) is 1. The van der Waals surface area contributed by atoms with Crippen molar-refractivity contribution in [2.75, 3.05) is 0 Å². The fourth-order valence-corrected chi connectivity index (χ4v) is 0.816. The molecule has 9 heavy (non-hydrogen) atoms. The molecule has 1 atom stereocenters. The fraction of sp³-hybridized carbons (Fsp3) is 0.600. The summed E-state index contributed by atoms with van der Waals surface area (Å²) in [6, 6.07) is 0. The first-order chi connectivity index (χ1) is 4.22. The summed E-state index contributed by atoms with van der Waals surface area (Å²) in [6.45, 7) is 1.82. The van der Waals surface area contributed by atoms with Gasteiger partial charge in [0.1, 0.15) is 5.40 Å². The highest BCUT2D eigenvalue weighted by atomic mass is 32.2. The number of thioether (sulfide) groups is 1. The summed E-state index contributed by atoms with van der Waals surface area (Å²) in [6.07, 6.45) is 0.619. The van der Waals surface area contributed by atoms with Crippen molar-refractivity contribution in [1.29, 1.82) is 5.26 Å². The van der Waals surface area contributed by atoms with Crippen LogP contribution in [0.25, 0.3) is 0 Å². The van der Waals surface area contributed by atoms with E-state index in [-0.39, 0.29) is 5.25 Å². The second kappa shape index (κ2) is 4.21. The maximum Gasteiger partial charge on any atom is 0.231 e. The molecule has 3 nitrogen and oxygen atoms in total. The summed E-state index contributed by atoms with van der Waals surface area (Å²) in [4.78, 5) is 10.4. The predicted octanol–water partition coefficient (Wildman–Crippen LogP) is 0.465. The van der Waals surface area contributed by atoms with E-state index in [9.17, 15) is 4.79 Å². The first-order valence-electron chi connectivity index (χ1n) is 2.56. The Morgan fingerprint density at radius 3 is 2.67 bits per heavy atom. The van der Waals surface area contributed by atoms with Gasteiger partial charge in [-0.05, 0) is 18.2 Å². The van der Waals surface area contributed by atoms with Crippen molar-refractivity contribution in [3.8, 4) is 5.40 Å². The van der Waals surface area contributed by atoms with E-state index in [1.807, 2.05) is 12.3 Å². The number of hydrogen-bond donors (Lipinski definition) is 1. The van der Waals surface area contributed by atoms with Crippen LogP contribution in [0.15, 0.2) is 0 Å². The minimum atomic E-state index is -0.413. The highest BCUT2D eigenvalue weighted by molar-refractivity contribution is 8.04. The first kappa shape index (κ1) is 8.31. The smallest absolute Gasteiger partial charge is 0.231 e. The normalized spacial score (nSPS) is 12.0. The molecule has 0 radical (unpaired) electrons. The molecule has 0 aromatic rings. The number of hydrogen-bond acceptors (Lipinski definition) is 3. The van der Waals surface area contributed by atoms with E-state index in [2.05, 4.69) is 0 Å². The minimum absolute atomic E-state index is 0.338. The largest absolute Gasteiger partial charge is 0.369 e. The van der Waals surface area contributed by atoms with E-state index >= 15 is 0 Å². The summed E-state index contributed by atoms with van der Waals surface area (Å²) in [5.74, 6) is -0.413. The number of primary amides is 1. The van der Waals surface area contributed by atoms with Gasteiger partial charge >= 0.3 is 0 Å². The van der Waals surface area contributed by atoms with Gasteiger partial charge in [0.05, 0.1) is 5.25 Å². The number of nitriles is 1. The maximum atomic E-state index is 10.4. The third-order valence-electron chi connectivity index (χ3n) is 0.883. The molecule has 0 aromatic carbocycles. The maximum absolute atomic E-state index is 10.4. The zero-order chi connectivity index (χ0) is 7.28. The molecule has 0 heterocycles. The summed E-state index contributed by atoms with van der Waals surface area (Å²) in [7, 11) is 0. The lowest BCUT2D eigenvalue weighted by atomic mass is 10.3. The van der Waals surface area contributed by atoms with Gasteiger partial charge in [-0.15, -0.1) is 0 Å². The topological polar surface area (TPSA) is 66.9 Å². The van der Waals surface area contributed by atoms with Crippen molar-refractivity contribution in [1.82, 2.24) is 0 Å². The Bertz CT molecular complexity index is 140. The number of nitrogens with zero attached hydrogens (tertiary/aromatic N) is 1. The Labute approximate surface area is 58.2 Å². The Balaban J connectivity index is 3.71. The average Bonchev–Trinajstić information content (AvgIpc) is 1.82. The van der Waals surface area contributed by atoms with Crippen molar-refractivity contribution < 1.29 is 4.79 Å². The van der Waals surface area contributed by atoms with Crippen molar-refractivity contribution in [2.45, 2.75) is 18.6 Å². The van der Waals surface area contributed by atoms with Crippen LogP contribution in [0.4, 0.5) is 0 Å². The molecule has 0 fully saturated rings. The van der Waals surface area contributed by atoms with Gasteiger partial charge in [-0.3, -0.25) is 4.79 Å². The Kier molecular flexibility index (Phi) is 3.89. The number of thiocyanates is 1. The van der Waals surface area contributed by atoms with E-state index in [1.165, 1.54) is 0 Å². The van der Waals surface area contributed by atoms with E-state index < -0.39 is 5.91 Å². The summed E-state index contributed by atoms with van der Waals surface area (Å²) in [5, 5.41) is 9.60. The van der Waals surface area contributed by atoms with Gasteiger partial charge in [0.15, 0.2) is 0 Å². The van der Waals surface area contributed by atoms with Crippen LogP contribution in [0, 0.1) is 10.7 Å². The lowest BCUT2D eigenvalue weighted by Crippen LogP contribution is -2.24. The Morgan fingerprint density at radius 2 is 2.56 bits per heavy atom. The SMILES string of the molecule is CCC(SC#N)C(N)=O. The molecule has 0 saturated carbocycles. The predicted molar refractivity (Wildman–Crippen MR) is 36.5 cm³/mol. The van der Waals surface area contributed by atoms with E-state index in [4.69, 9.17) is 11.0 Å². The quantitative estimate of drug-likeness (QED) is 0.585. The molecule has 50 valence electrons. The molecule has 0 aliphatic rings. The minimum Gasteiger partial charge on any atom is -0.369 e. The van der Waals surface area contributed by atoms with Gasteiger partial charge in [0.25, 0.3) is 0 Å². The van der Waals surface area contributed by atoms with Crippen LogP contribution < -0.4 is 5.73 Å². The van der Waals surface area contributed by atoms with Crippen molar-refractivity contribution >= 4 is 17.7 Å². The number of carbonyl (C=O) groups is 1. The lowest BCUT2D eigenvalue weighted by Gasteiger charge is -2.01. The molecular weight excluding hydrogens is 136 g/mol. The van der Waals surface area contributed by atoms with Crippen molar-refractivity contribution in [2.24, 2.45) is 5.73 Å². The Morgan fingerprint density at radius 1 is 2.00 bits per heavy atom. The molecule has 0 spiro atoms. The van der Waals surface area contributed by atoms with Gasteiger partial charge in [-0.2, -0.15) is 5.26 Å². The van der Waals surface area contributed by atoms with Gasteiger partial charge in [-0.1, -0.05) is 6.92 Å². The van der Waals surface area contributed by atoms with Gasteiger partial charge in [-0.25, -0.2) is 0 Å². The van der Waals surface area contributed by atoms with Crippen LogP contribution in [0.1, 0.15) is 13.3 Å². The molecule has 0 bridgehead atoms. The number of amides is 1. The van der Waals surface area contributed by atoms with E-state index in [0.717, 1.165) is 11.8 Å². The van der Waals surface area contributed by atoms with Crippen LogP contribution in [-0.2, 0) is 4.79 Å². The van der Waals surface area contributed by atoms with Gasteiger partial charge in [0.2, 0.25) is 5.91 Å². The third kappa shape index (κ3) is 2.98. The van der Waals surface area contributed by atoms with E-state index in [0.29, 0.717) is 6.42 Å². The highest BCUT2D eigenvalue weighted by Gasteiger charge is 2.11. The van der Waals surface area contributed by atoms with Crippen LogP contribution in [0.5, 0.6) is 0 Å². The molecule has 1 unspecified atom stereocenters. The third-order valence-corrected chi connectivity index (χ3v) is 1.84. The average molecular weight is 144 g/mol. The summed E-state index contributed by atoms with van der Waals surface area (Å²) < 4.78 is 0. The van der Waals surface area contributed by atoms with E-state index in [1.54, 1.807) is 0 Å². The van der Waals surface area contributed by atoms with Crippen molar-refractivity contribution in [3.05, 3.63) is 0 Å². The fourth-order valence-electron chi connectivity index (χ4n) is 0.406. The second-order valence-corrected chi connectivity index (χ2v) is 2.50. The number of rotatable bonds is 3. The molecule has 0 aliphatic carbocycles. The lowest BCUT2D eigenvalue weighted by molar-refractivity contribution is -0.117. The zero-order valence-corrected chi connectivity index (χ0v) is 5.94. The monoisotopic (exact) mass is 144 g/mol.